The number of aromatic nitrogens is 1. The number of esters is 2. The number of nitrogens with zero attached hydrogens (tertiary/aromatic N) is 1. The second-order valence-corrected chi connectivity index (χ2v) is 8.44. The van der Waals surface area contributed by atoms with Crippen molar-refractivity contribution in [2.24, 2.45) is 0 Å². The molecule has 32 heavy (non-hydrogen) atoms. The van der Waals surface area contributed by atoms with E-state index in [0.717, 1.165) is 6.92 Å². The van der Waals surface area contributed by atoms with Crippen molar-refractivity contribution in [1.29, 1.82) is 0 Å². The summed E-state index contributed by atoms with van der Waals surface area (Å²) in [7, 11) is -3.59. The number of hydrogen-bond acceptors (Lipinski definition) is 11. The monoisotopic (exact) mass is 478 g/mol. The van der Waals surface area contributed by atoms with Gasteiger partial charge in [-0.05, 0) is 39.8 Å². The van der Waals surface area contributed by atoms with Crippen LogP contribution in [-0.4, -0.2) is 61.3 Å². The maximum atomic E-state index is 12.8. The number of ether oxygens (including phenoxy) is 3. The summed E-state index contributed by atoms with van der Waals surface area (Å²) in [4.78, 5) is 37.6. The highest BCUT2D eigenvalue weighted by Gasteiger charge is 2.51. The molecular weight excluding hydrogens is 447 g/mol. The van der Waals surface area contributed by atoms with Gasteiger partial charge < -0.3 is 33.1 Å². The van der Waals surface area contributed by atoms with Crippen molar-refractivity contribution in [2.75, 3.05) is 32.8 Å². The van der Waals surface area contributed by atoms with E-state index < -0.39 is 43.7 Å². The number of rotatable bonds is 14. The van der Waals surface area contributed by atoms with E-state index in [-0.39, 0.29) is 43.6 Å². The third kappa shape index (κ3) is 7.04. The van der Waals surface area contributed by atoms with Crippen molar-refractivity contribution in [2.45, 2.75) is 53.5 Å². The van der Waals surface area contributed by atoms with Crippen molar-refractivity contribution in [3.05, 3.63) is 11.3 Å². The summed E-state index contributed by atoms with van der Waals surface area (Å²) in [6, 6.07) is 0. The van der Waals surface area contributed by atoms with Crippen molar-refractivity contribution < 1.29 is 46.7 Å². The average molecular weight is 478 g/mol. The van der Waals surface area contributed by atoms with Gasteiger partial charge in [-0.1, -0.05) is 0 Å². The van der Waals surface area contributed by atoms with Crippen LogP contribution < -0.4 is 10.1 Å². The lowest BCUT2D eigenvalue weighted by atomic mass is 9.90. The van der Waals surface area contributed by atoms with Gasteiger partial charge in [0.25, 0.3) is 5.88 Å². The summed E-state index contributed by atoms with van der Waals surface area (Å²) >= 11 is 0. The van der Waals surface area contributed by atoms with Gasteiger partial charge in [0.05, 0.1) is 32.0 Å². The number of carbonyl (C=O) groups is 3. The van der Waals surface area contributed by atoms with E-state index in [9.17, 15) is 18.9 Å². The van der Waals surface area contributed by atoms with E-state index in [4.69, 9.17) is 27.8 Å². The molecule has 182 valence electrons. The first-order chi connectivity index (χ1) is 15.1. The first-order valence-corrected chi connectivity index (χ1v) is 11.9. The molecule has 13 heteroatoms. The summed E-state index contributed by atoms with van der Waals surface area (Å²) in [6.07, 6.45) is -0.928. The van der Waals surface area contributed by atoms with Crippen LogP contribution in [0.25, 0.3) is 0 Å². The van der Waals surface area contributed by atoms with E-state index >= 15 is 0 Å². The molecule has 0 aromatic carbocycles. The zero-order valence-electron chi connectivity index (χ0n) is 19.2. The minimum absolute atomic E-state index is 0.0442. The number of hydrogen-bond donors (Lipinski definition) is 1. The van der Waals surface area contributed by atoms with Crippen LogP contribution in [0.1, 0.15) is 45.9 Å². The highest BCUT2D eigenvalue weighted by molar-refractivity contribution is 7.53. The minimum Gasteiger partial charge on any atom is -0.464 e. The first-order valence-electron chi connectivity index (χ1n) is 10.2. The van der Waals surface area contributed by atoms with Crippen LogP contribution in [-0.2, 0) is 43.9 Å². The van der Waals surface area contributed by atoms with Gasteiger partial charge in [0.15, 0.2) is 6.35 Å². The van der Waals surface area contributed by atoms with Crippen LogP contribution in [0.15, 0.2) is 4.52 Å². The molecule has 0 radical (unpaired) electrons. The van der Waals surface area contributed by atoms with E-state index in [1.807, 2.05) is 0 Å². The molecule has 0 saturated carbocycles. The fraction of sp³-hybridized carbons (Fsp3) is 0.684. The van der Waals surface area contributed by atoms with E-state index in [2.05, 4.69) is 10.5 Å². The van der Waals surface area contributed by atoms with Crippen LogP contribution in [0, 0.1) is 6.92 Å². The normalized spacial score (nSPS) is 11.7. The van der Waals surface area contributed by atoms with E-state index in [0.29, 0.717) is 0 Å². The number of nitrogens with one attached hydrogen (secondary N) is 1. The molecule has 1 aromatic rings. The van der Waals surface area contributed by atoms with E-state index in [1.165, 1.54) is 6.92 Å². The molecule has 0 saturated heterocycles. The Morgan fingerprint density at radius 1 is 1.00 bits per heavy atom. The molecule has 0 fully saturated rings. The van der Waals surface area contributed by atoms with E-state index in [1.54, 1.807) is 27.7 Å². The molecular formula is C19H31N2O10P. The topological polar surface area (TPSA) is 152 Å². The van der Waals surface area contributed by atoms with Gasteiger partial charge in [-0.15, -0.1) is 0 Å². The molecule has 1 N–H and O–H groups in total. The van der Waals surface area contributed by atoms with Crippen molar-refractivity contribution in [1.82, 2.24) is 10.5 Å². The second-order valence-electron chi connectivity index (χ2n) is 6.45. The summed E-state index contributed by atoms with van der Waals surface area (Å²) in [5.41, 5.74) is -2.05. The highest BCUT2D eigenvalue weighted by atomic mass is 31.2. The molecule has 1 aromatic heterocycles. The van der Waals surface area contributed by atoms with Crippen molar-refractivity contribution in [3.8, 4) is 5.88 Å². The largest absolute Gasteiger partial charge is 0.464 e. The Balaban J connectivity index is 3.37. The van der Waals surface area contributed by atoms with Crippen LogP contribution in [0.3, 0.4) is 0 Å². The molecule has 0 aliphatic carbocycles. The molecule has 1 amide bonds. The molecule has 0 aliphatic rings. The Morgan fingerprint density at radius 3 is 1.97 bits per heavy atom. The van der Waals surface area contributed by atoms with Gasteiger partial charge >= 0.3 is 19.5 Å². The molecule has 12 nitrogen and oxygen atoms in total. The first kappa shape index (κ1) is 27.6. The van der Waals surface area contributed by atoms with Gasteiger partial charge in [-0.2, -0.15) is 0 Å². The quantitative estimate of drug-likeness (QED) is 0.238. The minimum atomic E-state index is -3.59. The molecule has 0 unspecified atom stereocenters. The lowest BCUT2D eigenvalue weighted by molar-refractivity contribution is -0.168. The Morgan fingerprint density at radius 2 is 1.53 bits per heavy atom. The standard InChI is InChI=1S/C19H31N2O10P/c1-7-26-17(23)19(20-14(6)22,18(24)27-8-2)11-15-13(5)31-21-16(15)28-12-32(25,29-9-3)30-10-4/h7-12H2,1-6H3,(H,20,22). The summed E-state index contributed by atoms with van der Waals surface area (Å²) in [6.45, 7) is 9.25. The fourth-order valence-electron chi connectivity index (χ4n) is 2.78. The smallest absolute Gasteiger partial charge is 0.367 e. The second kappa shape index (κ2) is 12.6. The Kier molecular flexibility index (Phi) is 10.8. The highest BCUT2D eigenvalue weighted by Crippen LogP contribution is 2.48. The molecule has 0 bridgehead atoms. The Labute approximate surface area is 186 Å². The third-order valence-corrected chi connectivity index (χ3v) is 5.79. The average Bonchev–Trinajstić information content (AvgIpc) is 3.05. The summed E-state index contributed by atoms with van der Waals surface area (Å²) in [5.74, 6) is -2.65. The van der Waals surface area contributed by atoms with Crippen LogP contribution in [0.4, 0.5) is 0 Å². The lowest BCUT2D eigenvalue weighted by Gasteiger charge is -2.29. The van der Waals surface area contributed by atoms with Gasteiger partial charge in [-0.3, -0.25) is 9.36 Å². The predicted molar refractivity (Wildman–Crippen MR) is 111 cm³/mol. The number of carbonyl (C=O) groups excluding carboxylic acids is 3. The van der Waals surface area contributed by atoms with Gasteiger partial charge in [0.2, 0.25) is 11.4 Å². The van der Waals surface area contributed by atoms with Crippen molar-refractivity contribution in [3.63, 3.8) is 0 Å². The zero-order chi connectivity index (χ0) is 24.4. The van der Waals surface area contributed by atoms with Gasteiger partial charge in [-0.25, -0.2) is 9.59 Å². The molecule has 1 rings (SSSR count). The third-order valence-electron chi connectivity index (χ3n) is 4.04. The SMILES string of the molecule is CCOC(=O)C(Cc1c(OCP(=O)(OCC)OCC)noc1C)(NC(C)=O)C(=O)OCC. The number of amides is 1. The summed E-state index contributed by atoms with van der Waals surface area (Å²) < 4.78 is 43.8. The Bertz CT molecular complexity index is 810. The summed E-state index contributed by atoms with van der Waals surface area (Å²) in [5, 5.41) is 6.12. The Hall–Kier alpha value is -2.43. The van der Waals surface area contributed by atoms with Crippen LogP contribution in [0.5, 0.6) is 5.88 Å². The van der Waals surface area contributed by atoms with Gasteiger partial charge in [0, 0.05) is 13.3 Å². The van der Waals surface area contributed by atoms with Crippen LogP contribution in [0.2, 0.25) is 0 Å². The predicted octanol–water partition coefficient (Wildman–Crippen LogP) is 2.13. The number of aryl methyl sites for hydroxylation is 1. The van der Waals surface area contributed by atoms with Crippen LogP contribution >= 0.6 is 7.60 Å². The maximum absolute atomic E-state index is 12.8. The maximum Gasteiger partial charge on any atom is 0.367 e. The molecule has 0 spiro atoms. The molecule has 1 heterocycles. The molecule has 0 atom stereocenters. The van der Waals surface area contributed by atoms with Crippen molar-refractivity contribution >= 4 is 25.4 Å². The lowest BCUT2D eigenvalue weighted by Crippen LogP contribution is -2.62. The fourth-order valence-corrected chi connectivity index (χ4v) is 4.07. The van der Waals surface area contributed by atoms with Gasteiger partial charge in [0.1, 0.15) is 5.76 Å². The molecule has 0 aliphatic heterocycles. The zero-order valence-corrected chi connectivity index (χ0v) is 20.1.